The Hall–Kier alpha value is -0.570. The zero-order valence-electron chi connectivity index (χ0n) is 8.71. The second-order valence-corrected chi connectivity index (χ2v) is 4.45. The predicted molar refractivity (Wildman–Crippen MR) is 51.7 cm³/mol. The van der Waals surface area contributed by atoms with Crippen molar-refractivity contribution in [2.75, 3.05) is 13.1 Å². The Morgan fingerprint density at radius 3 is 2.23 bits per heavy atom. The minimum Gasteiger partial charge on any atom is -0.481 e. The number of hydrogen-bond donors (Lipinski definition) is 1. The van der Waals surface area contributed by atoms with Crippen molar-refractivity contribution >= 4 is 5.97 Å². The number of hydrogen-bond acceptors (Lipinski definition) is 2. The van der Waals surface area contributed by atoms with E-state index in [1.54, 1.807) is 13.8 Å². The molecule has 3 heteroatoms. The minimum absolute atomic E-state index is 0.132. The molecule has 1 atom stereocenters. The fourth-order valence-electron chi connectivity index (χ4n) is 1.76. The standard InChI is InChI=1S/C10H19NO2/c1-8(10(2,3)9(12)13)11-6-4-5-7-11/h8H,4-7H2,1-3H3,(H,12,13). The number of carboxylic acids is 1. The topological polar surface area (TPSA) is 40.5 Å². The summed E-state index contributed by atoms with van der Waals surface area (Å²) in [6.45, 7) is 7.73. The van der Waals surface area contributed by atoms with Gasteiger partial charge in [-0.15, -0.1) is 0 Å². The van der Waals surface area contributed by atoms with Crippen molar-refractivity contribution in [1.82, 2.24) is 4.90 Å². The third-order valence-electron chi connectivity index (χ3n) is 3.28. The SMILES string of the molecule is CC(N1CCCC1)C(C)(C)C(=O)O. The van der Waals surface area contributed by atoms with Crippen molar-refractivity contribution in [1.29, 1.82) is 0 Å². The molecule has 0 saturated carbocycles. The number of rotatable bonds is 3. The van der Waals surface area contributed by atoms with Crippen LogP contribution in [0.5, 0.6) is 0 Å². The summed E-state index contributed by atoms with van der Waals surface area (Å²) in [6, 6.07) is 0.132. The summed E-state index contributed by atoms with van der Waals surface area (Å²) in [6.07, 6.45) is 2.42. The van der Waals surface area contributed by atoms with Gasteiger partial charge in [-0.25, -0.2) is 0 Å². The largest absolute Gasteiger partial charge is 0.481 e. The summed E-state index contributed by atoms with van der Waals surface area (Å²) in [5.41, 5.74) is -0.635. The molecule has 76 valence electrons. The summed E-state index contributed by atoms with van der Waals surface area (Å²) in [5, 5.41) is 9.05. The van der Waals surface area contributed by atoms with Crippen LogP contribution >= 0.6 is 0 Å². The second kappa shape index (κ2) is 3.66. The summed E-state index contributed by atoms with van der Waals surface area (Å²) < 4.78 is 0. The number of carbonyl (C=O) groups is 1. The molecular formula is C10H19NO2. The van der Waals surface area contributed by atoms with Crippen molar-refractivity contribution in [2.45, 2.75) is 39.7 Å². The second-order valence-electron chi connectivity index (χ2n) is 4.45. The van der Waals surface area contributed by atoms with Crippen molar-refractivity contribution in [2.24, 2.45) is 5.41 Å². The quantitative estimate of drug-likeness (QED) is 0.725. The molecule has 0 aliphatic carbocycles. The fraction of sp³-hybridized carbons (Fsp3) is 0.900. The average Bonchev–Trinajstić information content (AvgIpc) is 2.54. The third kappa shape index (κ3) is 2.02. The van der Waals surface area contributed by atoms with Gasteiger partial charge in [0.05, 0.1) is 5.41 Å². The van der Waals surface area contributed by atoms with Crippen LogP contribution in [-0.4, -0.2) is 35.1 Å². The van der Waals surface area contributed by atoms with E-state index in [0.717, 1.165) is 13.1 Å². The van der Waals surface area contributed by atoms with Crippen LogP contribution in [0.15, 0.2) is 0 Å². The highest BCUT2D eigenvalue weighted by atomic mass is 16.4. The van der Waals surface area contributed by atoms with Crippen LogP contribution in [0.1, 0.15) is 33.6 Å². The maximum Gasteiger partial charge on any atom is 0.310 e. The average molecular weight is 185 g/mol. The molecular weight excluding hydrogens is 166 g/mol. The van der Waals surface area contributed by atoms with Crippen LogP contribution in [0.4, 0.5) is 0 Å². The molecule has 1 saturated heterocycles. The minimum atomic E-state index is -0.702. The molecule has 1 unspecified atom stereocenters. The van der Waals surface area contributed by atoms with Crippen LogP contribution in [0.3, 0.4) is 0 Å². The van der Waals surface area contributed by atoms with E-state index >= 15 is 0 Å². The first-order chi connectivity index (χ1) is 5.96. The molecule has 3 nitrogen and oxygen atoms in total. The Kier molecular flexibility index (Phi) is 2.96. The molecule has 1 rings (SSSR count). The molecule has 1 aliphatic heterocycles. The molecule has 1 heterocycles. The van der Waals surface area contributed by atoms with Crippen LogP contribution < -0.4 is 0 Å². The van der Waals surface area contributed by atoms with Gasteiger partial charge in [0.25, 0.3) is 0 Å². The maximum absolute atomic E-state index is 11.0. The van der Waals surface area contributed by atoms with Crippen molar-refractivity contribution < 1.29 is 9.90 Å². The molecule has 13 heavy (non-hydrogen) atoms. The van der Waals surface area contributed by atoms with E-state index in [-0.39, 0.29) is 6.04 Å². The highest BCUT2D eigenvalue weighted by Crippen LogP contribution is 2.27. The highest BCUT2D eigenvalue weighted by molar-refractivity contribution is 5.74. The molecule has 0 spiro atoms. The normalized spacial score (nSPS) is 21.8. The monoisotopic (exact) mass is 185 g/mol. The van der Waals surface area contributed by atoms with Crippen molar-refractivity contribution in [3.63, 3.8) is 0 Å². The lowest BCUT2D eigenvalue weighted by Gasteiger charge is -2.34. The van der Waals surface area contributed by atoms with Gasteiger partial charge in [0.2, 0.25) is 0 Å². The van der Waals surface area contributed by atoms with Gasteiger partial charge in [0.1, 0.15) is 0 Å². The molecule has 1 N–H and O–H groups in total. The van der Waals surface area contributed by atoms with Gasteiger partial charge in [-0.3, -0.25) is 9.69 Å². The molecule has 1 fully saturated rings. The van der Waals surface area contributed by atoms with Crippen LogP contribution in [0.25, 0.3) is 0 Å². The molecule has 0 amide bonds. The van der Waals surface area contributed by atoms with E-state index in [1.165, 1.54) is 12.8 Å². The molecule has 0 aromatic carbocycles. The van der Waals surface area contributed by atoms with E-state index in [9.17, 15) is 4.79 Å². The van der Waals surface area contributed by atoms with Gasteiger partial charge < -0.3 is 5.11 Å². The highest BCUT2D eigenvalue weighted by Gasteiger charge is 2.37. The number of carboxylic acid groups (broad SMARTS) is 1. The summed E-state index contributed by atoms with van der Waals surface area (Å²) >= 11 is 0. The summed E-state index contributed by atoms with van der Waals surface area (Å²) in [7, 11) is 0. The summed E-state index contributed by atoms with van der Waals surface area (Å²) in [4.78, 5) is 13.3. The maximum atomic E-state index is 11.0. The van der Waals surface area contributed by atoms with Gasteiger partial charge in [-0.1, -0.05) is 0 Å². The first kappa shape index (κ1) is 10.5. The van der Waals surface area contributed by atoms with Gasteiger partial charge in [-0.05, 0) is 46.7 Å². The molecule has 0 bridgehead atoms. The Morgan fingerprint density at radius 2 is 1.85 bits per heavy atom. The Labute approximate surface area is 79.7 Å². The Morgan fingerprint density at radius 1 is 1.38 bits per heavy atom. The number of aliphatic carboxylic acids is 1. The fourth-order valence-corrected chi connectivity index (χ4v) is 1.76. The first-order valence-electron chi connectivity index (χ1n) is 4.93. The lowest BCUT2D eigenvalue weighted by atomic mass is 9.85. The van der Waals surface area contributed by atoms with Gasteiger partial charge in [-0.2, -0.15) is 0 Å². The molecule has 0 radical (unpaired) electrons. The zero-order valence-corrected chi connectivity index (χ0v) is 8.71. The molecule has 0 aromatic rings. The van der Waals surface area contributed by atoms with E-state index in [4.69, 9.17) is 5.11 Å². The van der Waals surface area contributed by atoms with Crippen LogP contribution in [0, 0.1) is 5.41 Å². The lowest BCUT2D eigenvalue weighted by Crippen LogP contribution is -2.46. The van der Waals surface area contributed by atoms with Gasteiger partial charge in [0, 0.05) is 6.04 Å². The first-order valence-corrected chi connectivity index (χ1v) is 4.93. The van der Waals surface area contributed by atoms with Crippen molar-refractivity contribution in [3.05, 3.63) is 0 Å². The number of nitrogens with zero attached hydrogens (tertiary/aromatic N) is 1. The Bertz CT molecular complexity index is 195. The smallest absolute Gasteiger partial charge is 0.310 e. The zero-order chi connectivity index (χ0) is 10.1. The van der Waals surface area contributed by atoms with Gasteiger partial charge in [0.15, 0.2) is 0 Å². The number of likely N-dealkylation sites (tertiary alicyclic amines) is 1. The van der Waals surface area contributed by atoms with E-state index in [0.29, 0.717) is 0 Å². The van der Waals surface area contributed by atoms with E-state index in [2.05, 4.69) is 4.90 Å². The summed E-state index contributed by atoms with van der Waals surface area (Å²) in [5.74, 6) is -0.702. The van der Waals surface area contributed by atoms with Crippen LogP contribution in [-0.2, 0) is 4.79 Å². The third-order valence-corrected chi connectivity index (χ3v) is 3.28. The van der Waals surface area contributed by atoms with Gasteiger partial charge >= 0.3 is 5.97 Å². The van der Waals surface area contributed by atoms with Crippen molar-refractivity contribution in [3.8, 4) is 0 Å². The molecule has 0 aromatic heterocycles. The Balaban J connectivity index is 2.64. The predicted octanol–water partition coefficient (Wildman–Crippen LogP) is 1.58. The van der Waals surface area contributed by atoms with Crippen LogP contribution in [0.2, 0.25) is 0 Å². The van der Waals surface area contributed by atoms with E-state index in [1.807, 2.05) is 6.92 Å². The lowest BCUT2D eigenvalue weighted by molar-refractivity contribution is -0.150. The molecule has 1 aliphatic rings. The van der Waals surface area contributed by atoms with E-state index < -0.39 is 11.4 Å².